The number of aromatic nitrogens is 1. The molecule has 1 heterocycles. The number of amides is 1. The maximum atomic E-state index is 12.2. The van der Waals surface area contributed by atoms with Crippen molar-refractivity contribution in [1.82, 2.24) is 4.98 Å². The fourth-order valence-electron chi connectivity index (χ4n) is 4.19. The van der Waals surface area contributed by atoms with Crippen LogP contribution in [0.1, 0.15) is 28.8 Å². The van der Waals surface area contributed by atoms with Crippen LogP contribution in [0, 0.1) is 18.3 Å². The molecule has 1 aliphatic rings. The first-order valence-corrected chi connectivity index (χ1v) is 9.95. The van der Waals surface area contributed by atoms with Crippen molar-refractivity contribution in [3.63, 3.8) is 0 Å². The van der Waals surface area contributed by atoms with E-state index in [-0.39, 0.29) is 5.57 Å². The number of aromatic amines is 1. The van der Waals surface area contributed by atoms with Crippen LogP contribution in [0.5, 0.6) is 11.5 Å². The molecule has 3 aromatic rings. The number of benzene rings is 2. The zero-order valence-electron chi connectivity index (χ0n) is 17.7. The van der Waals surface area contributed by atoms with E-state index in [0.717, 1.165) is 45.3 Å². The lowest BCUT2D eigenvalue weighted by atomic mass is 9.83. The standard InChI is InChI=1S/C25H23N3O3/c1-14-4-8-20-18(10-14)17-7-6-16(23(24(17)28-20)19(13-26)25(27)29)11-15-5-9-21(30-2)22(12-15)31-3/h4-5,8-12,28H,6-7H2,1-3H3,(H2,27,29)/b16-11+,23-19-. The van der Waals surface area contributed by atoms with Crippen LogP contribution in [0.2, 0.25) is 0 Å². The Bertz CT molecular complexity index is 1310. The highest BCUT2D eigenvalue weighted by atomic mass is 16.5. The van der Waals surface area contributed by atoms with E-state index < -0.39 is 5.91 Å². The SMILES string of the molecule is COc1ccc(/C=C2\CCc3c([nH]c4ccc(C)cc34)\C2=C(\C#N)C(N)=O)cc1OC. The summed E-state index contributed by atoms with van der Waals surface area (Å²) < 4.78 is 10.7. The van der Waals surface area contributed by atoms with Gasteiger partial charge < -0.3 is 20.2 Å². The van der Waals surface area contributed by atoms with Gasteiger partial charge in [0.1, 0.15) is 11.6 Å². The van der Waals surface area contributed by atoms with Crippen molar-refractivity contribution >= 4 is 28.5 Å². The highest BCUT2D eigenvalue weighted by molar-refractivity contribution is 6.10. The first-order chi connectivity index (χ1) is 15.0. The van der Waals surface area contributed by atoms with Crippen molar-refractivity contribution in [1.29, 1.82) is 5.26 Å². The van der Waals surface area contributed by atoms with Crippen LogP contribution < -0.4 is 15.2 Å². The number of ether oxygens (including phenoxy) is 2. The molecule has 0 aliphatic heterocycles. The van der Waals surface area contributed by atoms with E-state index in [1.165, 1.54) is 0 Å². The van der Waals surface area contributed by atoms with Crippen LogP contribution in [-0.4, -0.2) is 25.1 Å². The minimum absolute atomic E-state index is 0.0454. The van der Waals surface area contributed by atoms with Crippen molar-refractivity contribution in [2.75, 3.05) is 14.2 Å². The second kappa shape index (κ2) is 8.04. The first kappa shape index (κ1) is 20.3. The van der Waals surface area contributed by atoms with Gasteiger partial charge in [-0.1, -0.05) is 23.8 Å². The van der Waals surface area contributed by atoms with Crippen molar-refractivity contribution in [3.05, 3.63) is 69.9 Å². The Morgan fingerprint density at radius 1 is 1.13 bits per heavy atom. The number of aryl methyl sites for hydroxylation is 2. The Labute approximate surface area is 180 Å². The summed E-state index contributed by atoms with van der Waals surface area (Å²) in [6.07, 6.45) is 3.44. The molecule has 0 atom stereocenters. The molecule has 0 bridgehead atoms. The summed E-state index contributed by atoms with van der Waals surface area (Å²) in [7, 11) is 3.17. The van der Waals surface area contributed by atoms with E-state index in [2.05, 4.69) is 11.1 Å². The molecule has 4 rings (SSSR count). The number of nitrogens with two attached hydrogens (primary N) is 1. The number of allylic oxidation sites excluding steroid dienone is 2. The number of hydrogen-bond acceptors (Lipinski definition) is 4. The largest absolute Gasteiger partial charge is 0.493 e. The molecular weight excluding hydrogens is 390 g/mol. The Morgan fingerprint density at radius 2 is 1.90 bits per heavy atom. The molecule has 6 nitrogen and oxygen atoms in total. The Kier molecular flexibility index (Phi) is 5.26. The summed E-state index contributed by atoms with van der Waals surface area (Å²) in [6.45, 7) is 2.05. The normalized spacial score (nSPS) is 16.0. The monoisotopic (exact) mass is 413 g/mol. The summed E-state index contributed by atoms with van der Waals surface area (Å²) in [4.78, 5) is 15.6. The number of nitrogens with zero attached hydrogens (tertiary/aromatic N) is 1. The van der Waals surface area contributed by atoms with Gasteiger partial charge in [-0.2, -0.15) is 5.26 Å². The number of rotatable bonds is 4. The maximum absolute atomic E-state index is 12.2. The third-order valence-electron chi connectivity index (χ3n) is 5.63. The van der Waals surface area contributed by atoms with E-state index in [0.29, 0.717) is 23.5 Å². The van der Waals surface area contributed by atoms with Gasteiger partial charge in [-0.25, -0.2) is 0 Å². The van der Waals surface area contributed by atoms with E-state index in [9.17, 15) is 10.1 Å². The van der Waals surface area contributed by atoms with Gasteiger partial charge in [0, 0.05) is 16.5 Å². The molecule has 0 saturated heterocycles. The lowest BCUT2D eigenvalue weighted by molar-refractivity contribution is -0.114. The quantitative estimate of drug-likeness (QED) is 0.492. The van der Waals surface area contributed by atoms with E-state index in [1.807, 2.05) is 49.4 Å². The number of hydrogen-bond donors (Lipinski definition) is 2. The maximum Gasteiger partial charge on any atom is 0.260 e. The Hall–Kier alpha value is -3.98. The lowest BCUT2D eigenvalue weighted by Crippen LogP contribution is -2.17. The van der Waals surface area contributed by atoms with E-state index in [4.69, 9.17) is 15.2 Å². The number of methoxy groups -OCH3 is 2. The van der Waals surface area contributed by atoms with E-state index >= 15 is 0 Å². The van der Waals surface area contributed by atoms with Crippen LogP contribution in [0.3, 0.4) is 0 Å². The van der Waals surface area contributed by atoms with Crippen LogP contribution in [0.15, 0.2) is 47.5 Å². The van der Waals surface area contributed by atoms with Gasteiger partial charge in [-0.3, -0.25) is 4.79 Å². The average molecular weight is 413 g/mol. The molecule has 1 aliphatic carbocycles. The second-order valence-electron chi connectivity index (χ2n) is 7.54. The van der Waals surface area contributed by atoms with Crippen LogP contribution in [0.4, 0.5) is 0 Å². The molecule has 0 spiro atoms. The van der Waals surface area contributed by atoms with E-state index in [1.54, 1.807) is 14.2 Å². The fourth-order valence-corrected chi connectivity index (χ4v) is 4.19. The van der Waals surface area contributed by atoms with Crippen molar-refractivity contribution in [2.45, 2.75) is 19.8 Å². The highest BCUT2D eigenvalue weighted by Crippen LogP contribution is 2.41. The lowest BCUT2D eigenvalue weighted by Gasteiger charge is -2.21. The number of nitrogens with one attached hydrogen (secondary N) is 1. The third kappa shape index (κ3) is 3.55. The molecule has 1 aromatic heterocycles. The number of H-pyrrole nitrogens is 1. The predicted octanol–water partition coefficient (Wildman–Crippen LogP) is 4.29. The topological polar surface area (TPSA) is 101 Å². The molecular formula is C25H23N3O3. The molecule has 3 N–H and O–H groups in total. The third-order valence-corrected chi connectivity index (χ3v) is 5.63. The zero-order chi connectivity index (χ0) is 22.1. The molecule has 6 heteroatoms. The van der Waals surface area contributed by atoms with Gasteiger partial charge in [0.05, 0.1) is 19.9 Å². The van der Waals surface area contributed by atoms with Gasteiger partial charge in [-0.15, -0.1) is 0 Å². The fraction of sp³-hybridized carbons (Fsp3) is 0.200. The molecule has 1 amide bonds. The van der Waals surface area contributed by atoms with Crippen LogP contribution in [0.25, 0.3) is 22.6 Å². The summed E-state index contributed by atoms with van der Waals surface area (Å²) in [5.74, 6) is 0.501. The molecule has 0 saturated carbocycles. The minimum atomic E-state index is -0.738. The second-order valence-corrected chi connectivity index (χ2v) is 7.54. The summed E-state index contributed by atoms with van der Waals surface area (Å²) >= 11 is 0. The number of nitriles is 1. The Balaban J connectivity index is 1.94. The molecule has 2 aromatic carbocycles. The Morgan fingerprint density at radius 3 is 2.58 bits per heavy atom. The van der Waals surface area contributed by atoms with Crippen molar-refractivity contribution in [2.24, 2.45) is 5.73 Å². The van der Waals surface area contributed by atoms with Crippen LogP contribution >= 0.6 is 0 Å². The van der Waals surface area contributed by atoms with Gasteiger partial charge in [0.2, 0.25) is 0 Å². The minimum Gasteiger partial charge on any atom is -0.493 e. The van der Waals surface area contributed by atoms with Crippen molar-refractivity contribution in [3.8, 4) is 17.6 Å². The number of primary amides is 1. The molecule has 156 valence electrons. The molecule has 0 unspecified atom stereocenters. The summed E-state index contributed by atoms with van der Waals surface area (Å²) in [6, 6.07) is 13.8. The first-order valence-electron chi connectivity index (χ1n) is 9.95. The zero-order valence-corrected chi connectivity index (χ0v) is 17.7. The van der Waals surface area contributed by atoms with Gasteiger partial charge in [0.15, 0.2) is 11.5 Å². The van der Waals surface area contributed by atoms with Crippen LogP contribution in [-0.2, 0) is 11.2 Å². The molecule has 0 radical (unpaired) electrons. The number of carbonyl (C=O) groups is 1. The van der Waals surface area contributed by atoms with Crippen molar-refractivity contribution < 1.29 is 14.3 Å². The smallest absolute Gasteiger partial charge is 0.260 e. The van der Waals surface area contributed by atoms with Gasteiger partial charge in [-0.05, 0) is 60.7 Å². The van der Waals surface area contributed by atoms with Gasteiger partial charge in [0.25, 0.3) is 5.91 Å². The average Bonchev–Trinajstić information content (AvgIpc) is 3.13. The number of fused-ring (bicyclic) bond motifs is 3. The molecule has 0 fully saturated rings. The molecule has 31 heavy (non-hydrogen) atoms. The summed E-state index contributed by atoms with van der Waals surface area (Å²) in [5, 5.41) is 10.9. The van der Waals surface area contributed by atoms with Gasteiger partial charge >= 0.3 is 0 Å². The predicted molar refractivity (Wildman–Crippen MR) is 121 cm³/mol. The summed E-state index contributed by atoms with van der Waals surface area (Å²) in [5.41, 5.74) is 11.9. The highest BCUT2D eigenvalue weighted by Gasteiger charge is 2.28. The number of carbonyl (C=O) groups excluding carboxylic acids is 1.